The summed E-state index contributed by atoms with van der Waals surface area (Å²) in [6.07, 6.45) is -2.51. The van der Waals surface area contributed by atoms with Crippen LogP contribution in [-0.4, -0.2) is 43.3 Å². The maximum atomic E-state index is 12.3. The number of hydrogen-bond donors (Lipinski definition) is 1. The van der Waals surface area contributed by atoms with E-state index < -0.39 is 12.7 Å². The summed E-state index contributed by atoms with van der Waals surface area (Å²) >= 11 is 1.75. The van der Waals surface area contributed by atoms with E-state index >= 15 is 0 Å². The standard InChI is InChI=1S/C15H23F3N2S/c1-14(2,13-4-3-9-21-13)10-19-12-5-7-20(8-6-12)11-15(16,17)18/h3-4,9,12,19H,5-8,10-11H2,1-2H3. The van der Waals surface area contributed by atoms with Crippen LogP contribution in [0.2, 0.25) is 0 Å². The fraction of sp³-hybridized carbons (Fsp3) is 0.733. The van der Waals surface area contributed by atoms with Crippen molar-refractivity contribution in [2.75, 3.05) is 26.2 Å². The highest BCUT2D eigenvalue weighted by molar-refractivity contribution is 7.10. The molecule has 0 spiro atoms. The number of thiophene rings is 1. The molecule has 1 fully saturated rings. The summed E-state index contributed by atoms with van der Waals surface area (Å²) < 4.78 is 37.0. The number of piperidine rings is 1. The second-order valence-electron chi connectivity index (χ2n) is 6.41. The zero-order chi connectivity index (χ0) is 15.5. The lowest BCUT2D eigenvalue weighted by molar-refractivity contribution is -0.148. The van der Waals surface area contributed by atoms with Gasteiger partial charge < -0.3 is 5.32 Å². The average molecular weight is 320 g/mol. The third-order valence-corrected chi connectivity index (χ3v) is 5.25. The van der Waals surface area contributed by atoms with Crippen LogP contribution in [0.1, 0.15) is 31.6 Å². The molecule has 6 heteroatoms. The van der Waals surface area contributed by atoms with Gasteiger partial charge in [-0.15, -0.1) is 11.3 Å². The van der Waals surface area contributed by atoms with E-state index in [1.54, 1.807) is 11.3 Å². The summed E-state index contributed by atoms with van der Waals surface area (Å²) in [5.41, 5.74) is 0.0667. The molecule has 1 aliphatic rings. The number of nitrogens with one attached hydrogen (secondary N) is 1. The van der Waals surface area contributed by atoms with E-state index in [0.29, 0.717) is 19.1 Å². The Kier molecular flexibility index (Phi) is 5.33. The van der Waals surface area contributed by atoms with Gasteiger partial charge in [0.25, 0.3) is 0 Å². The Hall–Kier alpha value is -0.590. The van der Waals surface area contributed by atoms with Crippen molar-refractivity contribution >= 4 is 11.3 Å². The number of nitrogens with zero attached hydrogens (tertiary/aromatic N) is 1. The van der Waals surface area contributed by atoms with E-state index in [9.17, 15) is 13.2 Å². The summed E-state index contributed by atoms with van der Waals surface area (Å²) in [5.74, 6) is 0. The van der Waals surface area contributed by atoms with Crippen molar-refractivity contribution in [1.29, 1.82) is 0 Å². The molecule has 2 rings (SSSR count). The molecule has 0 saturated carbocycles. The van der Waals surface area contributed by atoms with E-state index in [-0.39, 0.29) is 5.41 Å². The van der Waals surface area contributed by atoms with E-state index in [2.05, 4.69) is 36.7 Å². The number of hydrogen-bond acceptors (Lipinski definition) is 3. The zero-order valence-corrected chi connectivity index (χ0v) is 13.4. The molecule has 1 aromatic rings. The quantitative estimate of drug-likeness (QED) is 0.891. The molecule has 0 atom stereocenters. The normalized spacial score (nSPS) is 19.1. The Morgan fingerprint density at radius 2 is 1.95 bits per heavy atom. The molecule has 0 aliphatic carbocycles. The minimum atomic E-state index is -4.08. The van der Waals surface area contributed by atoms with Crippen LogP contribution >= 0.6 is 11.3 Å². The van der Waals surface area contributed by atoms with Crippen LogP contribution in [0.25, 0.3) is 0 Å². The predicted octanol–water partition coefficient (Wildman–Crippen LogP) is 3.64. The van der Waals surface area contributed by atoms with Crippen LogP contribution in [0.4, 0.5) is 13.2 Å². The van der Waals surface area contributed by atoms with Crippen molar-refractivity contribution < 1.29 is 13.2 Å². The molecule has 120 valence electrons. The summed E-state index contributed by atoms with van der Waals surface area (Å²) in [6, 6.07) is 4.52. The Balaban J connectivity index is 1.74. The van der Waals surface area contributed by atoms with Gasteiger partial charge in [-0.05, 0) is 37.4 Å². The number of halogens is 3. The van der Waals surface area contributed by atoms with Gasteiger partial charge in [0.15, 0.2) is 0 Å². The molecular formula is C15H23F3N2S. The van der Waals surface area contributed by atoms with Crippen LogP contribution in [0.3, 0.4) is 0 Å². The first-order valence-corrected chi connectivity index (χ1v) is 8.21. The van der Waals surface area contributed by atoms with Crippen molar-refractivity contribution in [3.63, 3.8) is 0 Å². The third kappa shape index (κ3) is 5.27. The molecule has 0 amide bonds. The molecule has 2 nitrogen and oxygen atoms in total. The van der Waals surface area contributed by atoms with Gasteiger partial charge in [-0.2, -0.15) is 13.2 Å². The molecule has 2 heterocycles. The molecule has 21 heavy (non-hydrogen) atoms. The summed E-state index contributed by atoms with van der Waals surface area (Å²) in [5, 5.41) is 5.61. The van der Waals surface area contributed by atoms with Gasteiger partial charge in [0, 0.05) is 22.9 Å². The van der Waals surface area contributed by atoms with Gasteiger partial charge in [-0.1, -0.05) is 19.9 Å². The van der Waals surface area contributed by atoms with Gasteiger partial charge in [-0.3, -0.25) is 4.90 Å². The third-order valence-electron chi connectivity index (χ3n) is 4.01. The average Bonchev–Trinajstić information content (AvgIpc) is 2.91. The van der Waals surface area contributed by atoms with E-state index in [4.69, 9.17) is 0 Å². The van der Waals surface area contributed by atoms with Gasteiger partial charge in [0.1, 0.15) is 0 Å². The maximum absolute atomic E-state index is 12.3. The molecule has 1 N–H and O–H groups in total. The van der Waals surface area contributed by atoms with Crippen LogP contribution in [0.15, 0.2) is 17.5 Å². The van der Waals surface area contributed by atoms with Crippen molar-refractivity contribution in [2.45, 2.75) is 44.3 Å². The Morgan fingerprint density at radius 1 is 1.29 bits per heavy atom. The summed E-state index contributed by atoms with van der Waals surface area (Å²) in [6.45, 7) is 5.53. The molecular weight excluding hydrogens is 297 g/mol. The lowest BCUT2D eigenvalue weighted by Gasteiger charge is -2.34. The molecule has 1 aliphatic heterocycles. The van der Waals surface area contributed by atoms with Gasteiger partial charge in [-0.25, -0.2) is 0 Å². The SMILES string of the molecule is CC(C)(CNC1CCN(CC(F)(F)F)CC1)c1cccs1. The molecule has 0 unspecified atom stereocenters. The Bertz CT molecular complexity index is 421. The molecule has 0 radical (unpaired) electrons. The van der Waals surface area contributed by atoms with E-state index in [0.717, 1.165) is 19.4 Å². The monoisotopic (exact) mass is 320 g/mol. The largest absolute Gasteiger partial charge is 0.401 e. The molecule has 1 saturated heterocycles. The van der Waals surface area contributed by atoms with Crippen LogP contribution in [0, 0.1) is 0 Å². The van der Waals surface area contributed by atoms with Crippen molar-refractivity contribution in [1.82, 2.24) is 10.2 Å². The van der Waals surface area contributed by atoms with Crippen LogP contribution in [0.5, 0.6) is 0 Å². The van der Waals surface area contributed by atoms with Crippen molar-refractivity contribution in [2.24, 2.45) is 0 Å². The summed E-state index contributed by atoms with van der Waals surface area (Å²) in [7, 11) is 0. The highest BCUT2D eigenvalue weighted by Gasteiger charge is 2.32. The Morgan fingerprint density at radius 3 is 2.48 bits per heavy atom. The van der Waals surface area contributed by atoms with Crippen molar-refractivity contribution in [3.05, 3.63) is 22.4 Å². The second kappa shape index (κ2) is 6.67. The fourth-order valence-electron chi connectivity index (χ4n) is 2.70. The minimum absolute atomic E-state index is 0.0667. The molecule has 0 bridgehead atoms. The van der Waals surface area contributed by atoms with Crippen molar-refractivity contribution in [3.8, 4) is 0 Å². The topological polar surface area (TPSA) is 15.3 Å². The lowest BCUT2D eigenvalue weighted by Crippen LogP contribution is -2.47. The lowest BCUT2D eigenvalue weighted by atomic mass is 9.90. The number of alkyl halides is 3. The maximum Gasteiger partial charge on any atom is 0.401 e. The van der Waals surface area contributed by atoms with Crippen LogP contribution in [-0.2, 0) is 5.41 Å². The fourth-order valence-corrected chi connectivity index (χ4v) is 3.55. The van der Waals surface area contributed by atoms with E-state index in [1.165, 1.54) is 9.78 Å². The first-order valence-electron chi connectivity index (χ1n) is 7.33. The molecule has 1 aromatic heterocycles. The minimum Gasteiger partial charge on any atom is -0.313 e. The van der Waals surface area contributed by atoms with E-state index in [1.807, 2.05) is 0 Å². The predicted molar refractivity (Wildman–Crippen MR) is 80.9 cm³/mol. The zero-order valence-electron chi connectivity index (χ0n) is 12.5. The second-order valence-corrected chi connectivity index (χ2v) is 7.36. The molecule has 0 aromatic carbocycles. The van der Waals surface area contributed by atoms with Gasteiger partial charge in [0.2, 0.25) is 0 Å². The first-order chi connectivity index (χ1) is 9.76. The van der Waals surface area contributed by atoms with Gasteiger partial charge in [0.05, 0.1) is 6.54 Å². The number of rotatable bonds is 5. The first kappa shape index (κ1) is 16.8. The van der Waals surface area contributed by atoms with Crippen LogP contribution < -0.4 is 5.32 Å². The number of likely N-dealkylation sites (tertiary alicyclic amines) is 1. The highest BCUT2D eigenvalue weighted by Crippen LogP contribution is 2.27. The highest BCUT2D eigenvalue weighted by atomic mass is 32.1. The summed E-state index contributed by atoms with van der Waals surface area (Å²) in [4.78, 5) is 2.84. The Labute approximate surface area is 128 Å². The smallest absolute Gasteiger partial charge is 0.313 e. The van der Waals surface area contributed by atoms with Gasteiger partial charge >= 0.3 is 6.18 Å².